The Bertz CT molecular complexity index is 980. The topological polar surface area (TPSA) is 80.9 Å². The second-order valence-electron chi connectivity index (χ2n) is 7.23. The number of aromatic nitrogens is 2. The molecule has 1 fully saturated rings. The predicted octanol–water partition coefficient (Wildman–Crippen LogP) is 4.27. The first kappa shape index (κ1) is 18.9. The molecular weight excluding hydrogens is 392 g/mol. The first-order valence-corrected chi connectivity index (χ1v) is 10.4. The van der Waals surface area contributed by atoms with Gasteiger partial charge < -0.3 is 11.1 Å². The minimum absolute atomic E-state index is 0.0670. The summed E-state index contributed by atoms with van der Waals surface area (Å²) in [5.41, 5.74) is 8.73. The summed E-state index contributed by atoms with van der Waals surface area (Å²) in [6.45, 7) is 1.52. The van der Waals surface area contributed by atoms with Crippen LogP contribution in [0.3, 0.4) is 0 Å². The Balaban J connectivity index is 1.60. The Morgan fingerprint density at radius 1 is 1.18 bits per heavy atom. The average molecular weight is 413 g/mol. The molecule has 144 valence electrons. The number of rotatable bonds is 6. The van der Waals surface area contributed by atoms with Gasteiger partial charge in [0.1, 0.15) is 10.0 Å². The number of nitrogens with zero attached hydrogens (tertiary/aromatic N) is 2. The van der Waals surface area contributed by atoms with Crippen molar-refractivity contribution in [2.45, 2.75) is 37.6 Å². The number of amides is 1. The fourth-order valence-corrected chi connectivity index (χ4v) is 4.71. The zero-order chi connectivity index (χ0) is 19.7. The van der Waals surface area contributed by atoms with E-state index < -0.39 is 0 Å². The van der Waals surface area contributed by atoms with E-state index >= 15 is 0 Å². The van der Waals surface area contributed by atoms with Crippen LogP contribution in [0, 0.1) is 0 Å². The van der Waals surface area contributed by atoms with Crippen LogP contribution < -0.4 is 11.1 Å². The van der Waals surface area contributed by atoms with Gasteiger partial charge in [0.25, 0.3) is 0 Å². The van der Waals surface area contributed by atoms with Crippen molar-refractivity contribution in [3.8, 4) is 0 Å². The number of hydrogen-bond acceptors (Lipinski definition) is 5. The van der Waals surface area contributed by atoms with E-state index in [0.717, 1.165) is 39.1 Å². The number of hydrogen-bond donors (Lipinski definition) is 2. The first-order chi connectivity index (χ1) is 13.5. The van der Waals surface area contributed by atoms with Gasteiger partial charge in [0.2, 0.25) is 5.91 Å². The van der Waals surface area contributed by atoms with Crippen LogP contribution in [0.25, 0.3) is 0 Å². The summed E-state index contributed by atoms with van der Waals surface area (Å²) in [4.78, 5) is 11.8. The molecule has 7 heteroatoms. The zero-order valence-corrected chi connectivity index (χ0v) is 17.1. The highest BCUT2D eigenvalue weighted by Gasteiger charge is 2.49. The van der Waals surface area contributed by atoms with Gasteiger partial charge in [-0.15, -0.1) is 10.2 Å². The minimum atomic E-state index is -0.214. The van der Waals surface area contributed by atoms with Gasteiger partial charge in [0.05, 0.1) is 6.04 Å². The molecule has 3 N–H and O–H groups in total. The molecule has 0 radical (unpaired) electrons. The molecule has 1 aliphatic carbocycles. The number of carbonyl (C=O) groups is 1. The SMILES string of the molecule is CC(=O)NC(Cc1ccc(N)cc1)c1nnc(C2(c3ccc(Cl)cc3)CC2)s1. The second kappa shape index (κ2) is 7.53. The Morgan fingerprint density at radius 3 is 2.46 bits per heavy atom. The third-order valence-electron chi connectivity index (χ3n) is 5.09. The van der Waals surface area contributed by atoms with Crippen molar-refractivity contribution in [1.82, 2.24) is 15.5 Å². The lowest BCUT2D eigenvalue weighted by molar-refractivity contribution is -0.119. The van der Waals surface area contributed by atoms with Crippen LogP contribution >= 0.6 is 22.9 Å². The largest absolute Gasteiger partial charge is 0.399 e. The normalized spacial score (nSPS) is 15.8. The summed E-state index contributed by atoms with van der Waals surface area (Å²) < 4.78 is 0. The molecule has 1 aromatic heterocycles. The van der Waals surface area contributed by atoms with Crippen molar-refractivity contribution in [2.24, 2.45) is 0 Å². The molecular formula is C21H21ClN4OS. The van der Waals surface area contributed by atoms with E-state index in [1.807, 2.05) is 36.4 Å². The monoisotopic (exact) mass is 412 g/mol. The lowest BCUT2D eigenvalue weighted by Crippen LogP contribution is -2.27. The van der Waals surface area contributed by atoms with Crippen molar-refractivity contribution in [3.05, 3.63) is 74.7 Å². The number of carbonyl (C=O) groups excluding carboxylic acids is 1. The third-order valence-corrected chi connectivity index (χ3v) is 6.58. The van der Waals surface area contributed by atoms with Gasteiger partial charge in [0.15, 0.2) is 0 Å². The van der Waals surface area contributed by atoms with Gasteiger partial charge in [-0.1, -0.05) is 47.2 Å². The maximum absolute atomic E-state index is 11.8. The van der Waals surface area contributed by atoms with E-state index in [1.165, 1.54) is 12.5 Å². The van der Waals surface area contributed by atoms with E-state index in [2.05, 4.69) is 27.6 Å². The third kappa shape index (κ3) is 3.88. The van der Waals surface area contributed by atoms with Crippen molar-refractivity contribution in [3.63, 3.8) is 0 Å². The highest BCUT2D eigenvalue weighted by atomic mass is 35.5. The van der Waals surface area contributed by atoms with Crippen LogP contribution in [0.5, 0.6) is 0 Å². The van der Waals surface area contributed by atoms with Crippen molar-refractivity contribution >= 4 is 34.5 Å². The molecule has 0 bridgehead atoms. The number of nitrogen functional groups attached to an aromatic ring is 1. The molecule has 0 saturated heterocycles. The smallest absolute Gasteiger partial charge is 0.217 e. The van der Waals surface area contributed by atoms with Gasteiger partial charge in [-0.05, 0) is 54.7 Å². The van der Waals surface area contributed by atoms with E-state index in [1.54, 1.807) is 11.3 Å². The van der Waals surface area contributed by atoms with Crippen molar-refractivity contribution in [1.29, 1.82) is 0 Å². The molecule has 4 rings (SSSR count). The van der Waals surface area contributed by atoms with Crippen LogP contribution in [0.4, 0.5) is 5.69 Å². The van der Waals surface area contributed by atoms with Crippen LogP contribution in [0.15, 0.2) is 48.5 Å². The van der Waals surface area contributed by atoms with E-state index in [-0.39, 0.29) is 17.4 Å². The Morgan fingerprint density at radius 2 is 1.86 bits per heavy atom. The molecule has 1 saturated carbocycles. The number of halogens is 1. The Hall–Kier alpha value is -2.44. The molecule has 1 unspecified atom stereocenters. The van der Waals surface area contributed by atoms with Crippen molar-refractivity contribution in [2.75, 3.05) is 5.73 Å². The van der Waals surface area contributed by atoms with Crippen molar-refractivity contribution < 1.29 is 4.79 Å². The molecule has 3 aromatic rings. The maximum atomic E-state index is 11.8. The Labute approximate surface area is 172 Å². The summed E-state index contributed by atoms with van der Waals surface area (Å²) in [5, 5.41) is 14.5. The minimum Gasteiger partial charge on any atom is -0.399 e. The van der Waals surface area contributed by atoms with Gasteiger partial charge >= 0.3 is 0 Å². The van der Waals surface area contributed by atoms with Crippen LogP contribution in [0.1, 0.15) is 46.9 Å². The fraction of sp³-hybridized carbons (Fsp3) is 0.286. The summed E-state index contributed by atoms with van der Waals surface area (Å²) in [6.07, 6.45) is 2.74. The number of nitrogens with two attached hydrogens (primary N) is 1. The van der Waals surface area contributed by atoms with Gasteiger partial charge in [-0.25, -0.2) is 0 Å². The highest BCUT2D eigenvalue weighted by Crippen LogP contribution is 2.54. The maximum Gasteiger partial charge on any atom is 0.217 e. The molecule has 1 heterocycles. The predicted molar refractivity (Wildman–Crippen MR) is 112 cm³/mol. The van der Waals surface area contributed by atoms with E-state index in [4.69, 9.17) is 17.3 Å². The molecule has 5 nitrogen and oxygen atoms in total. The molecule has 2 aromatic carbocycles. The summed E-state index contributed by atoms with van der Waals surface area (Å²) in [6, 6.07) is 15.4. The lowest BCUT2D eigenvalue weighted by atomic mass is 9.97. The second-order valence-corrected chi connectivity index (χ2v) is 8.68. The standard InChI is InChI=1S/C21H21ClN4OS/c1-13(27)24-18(12-14-2-8-17(23)9-3-14)19-25-26-20(28-19)21(10-11-21)15-4-6-16(22)7-5-15/h2-9,18H,10-12,23H2,1H3,(H,24,27). The summed E-state index contributed by atoms with van der Waals surface area (Å²) in [7, 11) is 0. The molecule has 1 amide bonds. The van der Waals surface area contributed by atoms with E-state index in [9.17, 15) is 4.79 Å². The molecule has 0 spiro atoms. The molecule has 1 aliphatic rings. The average Bonchev–Trinajstić information content (AvgIpc) is 3.32. The molecule has 1 atom stereocenters. The Kier molecular flexibility index (Phi) is 5.08. The first-order valence-electron chi connectivity index (χ1n) is 9.18. The van der Waals surface area contributed by atoms with Crippen LogP contribution in [-0.2, 0) is 16.6 Å². The summed E-state index contributed by atoms with van der Waals surface area (Å²) in [5.74, 6) is -0.0870. The quantitative estimate of drug-likeness (QED) is 0.592. The number of benzene rings is 2. The number of anilines is 1. The van der Waals surface area contributed by atoms with Gasteiger partial charge in [0, 0.05) is 23.0 Å². The van der Waals surface area contributed by atoms with Crippen LogP contribution in [0.2, 0.25) is 5.02 Å². The van der Waals surface area contributed by atoms with Crippen LogP contribution in [-0.4, -0.2) is 16.1 Å². The summed E-state index contributed by atoms with van der Waals surface area (Å²) >= 11 is 7.61. The zero-order valence-electron chi connectivity index (χ0n) is 15.5. The van der Waals surface area contributed by atoms with E-state index in [0.29, 0.717) is 6.42 Å². The molecule has 28 heavy (non-hydrogen) atoms. The van der Waals surface area contributed by atoms with Gasteiger partial charge in [-0.2, -0.15) is 0 Å². The lowest BCUT2D eigenvalue weighted by Gasteiger charge is -2.15. The molecule has 0 aliphatic heterocycles. The van der Waals surface area contributed by atoms with Gasteiger partial charge in [-0.3, -0.25) is 4.79 Å². The number of nitrogens with one attached hydrogen (secondary N) is 1. The highest BCUT2D eigenvalue weighted by molar-refractivity contribution is 7.11. The fourth-order valence-electron chi connectivity index (χ4n) is 3.42.